The van der Waals surface area contributed by atoms with E-state index < -0.39 is 0 Å². The Morgan fingerprint density at radius 1 is 1.24 bits per heavy atom. The second-order valence-corrected chi connectivity index (χ2v) is 6.03. The van der Waals surface area contributed by atoms with Gasteiger partial charge in [0, 0.05) is 18.7 Å². The monoisotopic (exact) mass is 289 g/mol. The van der Waals surface area contributed by atoms with E-state index in [1.54, 1.807) is 0 Å². The summed E-state index contributed by atoms with van der Waals surface area (Å²) in [5, 5.41) is 8.14. The van der Waals surface area contributed by atoms with Crippen molar-refractivity contribution in [1.82, 2.24) is 15.1 Å². The molecule has 1 N–H and O–H groups in total. The highest BCUT2D eigenvalue weighted by atomic mass is 19.1. The molecule has 1 aromatic carbocycles. The molecule has 1 atom stereocenters. The molecule has 0 bridgehead atoms. The molecule has 21 heavy (non-hydrogen) atoms. The zero-order valence-electron chi connectivity index (χ0n) is 13.2. The van der Waals surface area contributed by atoms with E-state index in [0.717, 1.165) is 24.2 Å². The molecule has 1 heterocycles. The van der Waals surface area contributed by atoms with E-state index in [4.69, 9.17) is 0 Å². The second-order valence-electron chi connectivity index (χ2n) is 6.03. The van der Waals surface area contributed by atoms with Gasteiger partial charge in [-0.15, -0.1) is 0 Å². The molecule has 2 aromatic rings. The molecule has 0 amide bonds. The number of aryl methyl sites for hydroxylation is 1. The number of nitrogens with zero attached hydrogens (tertiary/aromatic N) is 2. The number of nitrogens with one attached hydrogen (secondary N) is 1. The van der Waals surface area contributed by atoms with Gasteiger partial charge in [-0.2, -0.15) is 5.10 Å². The minimum atomic E-state index is -0.203. The molecule has 0 saturated carbocycles. The Labute approximate surface area is 126 Å². The van der Waals surface area contributed by atoms with Gasteiger partial charge in [0.2, 0.25) is 0 Å². The van der Waals surface area contributed by atoms with Gasteiger partial charge in [0.1, 0.15) is 5.82 Å². The Morgan fingerprint density at radius 3 is 2.43 bits per heavy atom. The molecule has 2 rings (SSSR count). The van der Waals surface area contributed by atoms with Gasteiger partial charge in [0.15, 0.2) is 0 Å². The van der Waals surface area contributed by atoms with E-state index in [1.165, 1.54) is 12.1 Å². The van der Waals surface area contributed by atoms with Gasteiger partial charge in [-0.25, -0.2) is 4.39 Å². The third-order valence-electron chi connectivity index (χ3n) is 3.94. The fourth-order valence-corrected chi connectivity index (χ4v) is 2.65. The average Bonchev–Trinajstić information content (AvgIpc) is 2.86. The quantitative estimate of drug-likeness (QED) is 0.881. The van der Waals surface area contributed by atoms with Crippen molar-refractivity contribution in [2.75, 3.05) is 6.54 Å². The lowest BCUT2D eigenvalue weighted by Gasteiger charge is -2.34. The Kier molecular flexibility index (Phi) is 4.78. The van der Waals surface area contributed by atoms with Gasteiger partial charge in [-0.3, -0.25) is 4.68 Å². The third kappa shape index (κ3) is 3.50. The lowest BCUT2D eigenvalue weighted by molar-refractivity contribution is 0.339. The summed E-state index contributed by atoms with van der Waals surface area (Å²) in [5.41, 5.74) is 1.93. The van der Waals surface area contributed by atoms with E-state index >= 15 is 0 Å². The molecular formula is C17H24FN3. The molecule has 0 aliphatic rings. The van der Waals surface area contributed by atoms with Gasteiger partial charge in [-0.1, -0.05) is 32.9 Å². The van der Waals surface area contributed by atoms with E-state index in [1.807, 2.05) is 36.1 Å². The van der Waals surface area contributed by atoms with Crippen molar-refractivity contribution in [2.24, 2.45) is 7.05 Å². The first kappa shape index (κ1) is 15.7. The van der Waals surface area contributed by atoms with Gasteiger partial charge in [-0.05, 0) is 36.7 Å². The van der Waals surface area contributed by atoms with Crippen molar-refractivity contribution < 1.29 is 4.39 Å². The number of halogens is 1. The number of rotatable bonds is 6. The van der Waals surface area contributed by atoms with Crippen molar-refractivity contribution in [3.05, 3.63) is 53.6 Å². The van der Waals surface area contributed by atoms with E-state index in [2.05, 4.69) is 31.2 Å². The van der Waals surface area contributed by atoms with Crippen molar-refractivity contribution in [3.63, 3.8) is 0 Å². The minimum absolute atomic E-state index is 0.0871. The Morgan fingerprint density at radius 2 is 1.90 bits per heavy atom. The number of hydrogen-bond donors (Lipinski definition) is 1. The molecule has 0 saturated heterocycles. The molecule has 0 aliphatic carbocycles. The van der Waals surface area contributed by atoms with Crippen LogP contribution < -0.4 is 5.32 Å². The predicted octanol–water partition coefficient (Wildman–Crippen LogP) is 3.58. The molecule has 1 unspecified atom stereocenters. The zero-order chi connectivity index (χ0) is 15.5. The Hall–Kier alpha value is -1.68. The van der Waals surface area contributed by atoms with Crippen molar-refractivity contribution in [3.8, 4) is 0 Å². The maximum atomic E-state index is 13.2. The number of hydrogen-bond acceptors (Lipinski definition) is 2. The third-order valence-corrected chi connectivity index (χ3v) is 3.94. The molecule has 0 aliphatic heterocycles. The first-order chi connectivity index (χ1) is 9.95. The summed E-state index contributed by atoms with van der Waals surface area (Å²) in [6, 6.07) is 8.89. The van der Waals surface area contributed by atoms with Crippen molar-refractivity contribution in [1.29, 1.82) is 0 Å². The molecule has 0 radical (unpaired) electrons. The summed E-state index contributed by atoms with van der Waals surface area (Å²) < 4.78 is 15.0. The fourth-order valence-electron chi connectivity index (χ4n) is 2.65. The molecule has 4 heteroatoms. The van der Waals surface area contributed by atoms with Crippen LogP contribution in [0.3, 0.4) is 0 Å². The summed E-state index contributed by atoms with van der Waals surface area (Å²) in [6.07, 6.45) is 3.01. The lowest BCUT2D eigenvalue weighted by Crippen LogP contribution is -2.38. The summed E-state index contributed by atoms with van der Waals surface area (Å²) >= 11 is 0. The molecule has 0 fully saturated rings. The van der Waals surface area contributed by atoms with Crippen LogP contribution in [0.2, 0.25) is 0 Å². The van der Waals surface area contributed by atoms with E-state index in [9.17, 15) is 4.39 Å². The standard InChI is InChI=1S/C17H24FN3/c1-5-11-19-16(15-10-12-21(4)20-15)17(2,3)13-6-8-14(18)9-7-13/h6-10,12,16,19H,5,11H2,1-4H3. The van der Waals surface area contributed by atoms with Crippen molar-refractivity contribution in [2.45, 2.75) is 38.6 Å². The highest BCUT2D eigenvalue weighted by Gasteiger charge is 2.33. The summed E-state index contributed by atoms with van der Waals surface area (Å²) in [6.45, 7) is 7.41. The molecule has 3 nitrogen and oxygen atoms in total. The summed E-state index contributed by atoms with van der Waals surface area (Å²) in [7, 11) is 1.92. The van der Waals surface area contributed by atoms with Gasteiger partial charge in [0.25, 0.3) is 0 Å². The van der Waals surface area contributed by atoms with E-state index in [-0.39, 0.29) is 17.3 Å². The Bertz CT molecular complexity index is 572. The Balaban J connectivity index is 2.36. The van der Waals surface area contributed by atoms with Crippen LogP contribution in [0.4, 0.5) is 4.39 Å². The normalized spacial score (nSPS) is 13.4. The highest BCUT2D eigenvalue weighted by Crippen LogP contribution is 2.36. The first-order valence-corrected chi connectivity index (χ1v) is 7.44. The molecule has 1 aromatic heterocycles. The van der Waals surface area contributed by atoms with Crippen LogP contribution in [-0.4, -0.2) is 16.3 Å². The summed E-state index contributed by atoms with van der Waals surface area (Å²) in [5.74, 6) is -0.203. The second kappa shape index (κ2) is 6.39. The topological polar surface area (TPSA) is 29.9 Å². The van der Waals surface area contributed by atoms with Crippen LogP contribution in [0, 0.1) is 5.82 Å². The number of aromatic nitrogens is 2. The maximum Gasteiger partial charge on any atom is 0.123 e. The van der Waals surface area contributed by atoms with E-state index in [0.29, 0.717) is 0 Å². The SMILES string of the molecule is CCCNC(c1ccn(C)n1)C(C)(C)c1ccc(F)cc1. The average molecular weight is 289 g/mol. The zero-order valence-corrected chi connectivity index (χ0v) is 13.2. The summed E-state index contributed by atoms with van der Waals surface area (Å²) in [4.78, 5) is 0. The smallest absolute Gasteiger partial charge is 0.123 e. The fraction of sp³-hybridized carbons (Fsp3) is 0.471. The largest absolute Gasteiger partial charge is 0.308 e. The van der Waals surface area contributed by atoms with Crippen molar-refractivity contribution >= 4 is 0 Å². The highest BCUT2D eigenvalue weighted by molar-refractivity contribution is 5.29. The maximum absolute atomic E-state index is 13.2. The predicted molar refractivity (Wildman–Crippen MR) is 83.7 cm³/mol. The molecule has 114 valence electrons. The van der Waals surface area contributed by atoms with Gasteiger partial charge >= 0.3 is 0 Å². The van der Waals surface area contributed by atoms with Crippen LogP contribution in [0.25, 0.3) is 0 Å². The van der Waals surface area contributed by atoms with Crippen LogP contribution in [0.1, 0.15) is 44.5 Å². The van der Waals surface area contributed by atoms with Crippen LogP contribution >= 0.6 is 0 Å². The number of benzene rings is 1. The van der Waals surface area contributed by atoms with Gasteiger partial charge < -0.3 is 5.32 Å². The first-order valence-electron chi connectivity index (χ1n) is 7.44. The minimum Gasteiger partial charge on any atom is -0.308 e. The lowest BCUT2D eigenvalue weighted by atomic mass is 9.76. The molecular weight excluding hydrogens is 265 g/mol. The van der Waals surface area contributed by atoms with Crippen LogP contribution in [0.15, 0.2) is 36.5 Å². The van der Waals surface area contributed by atoms with Crippen LogP contribution in [0.5, 0.6) is 0 Å². The molecule has 0 spiro atoms. The van der Waals surface area contributed by atoms with Crippen LogP contribution in [-0.2, 0) is 12.5 Å². The van der Waals surface area contributed by atoms with Gasteiger partial charge in [0.05, 0.1) is 11.7 Å².